The van der Waals surface area contributed by atoms with Gasteiger partial charge in [0.1, 0.15) is 13.2 Å². The highest BCUT2D eigenvalue weighted by atomic mass is 16.6. The summed E-state index contributed by atoms with van der Waals surface area (Å²) in [6.45, 7) is 8.20. The number of urea groups is 1. The van der Waals surface area contributed by atoms with Gasteiger partial charge in [-0.2, -0.15) is 0 Å². The Morgan fingerprint density at radius 2 is 1.55 bits per heavy atom. The maximum Gasteiger partial charge on any atom is 0.410 e. The van der Waals surface area contributed by atoms with Gasteiger partial charge in [0.25, 0.3) is 5.91 Å². The van der Waals surface area contributed by atoms with Crippen LogP contribution in [-0.2, 0) is 22.4 Å². The number of piperidine rings is 3. The average molecular weight is 674 g/mol. The Morgan fingerprint density at radius 3 is 2.31 bits per heavy atom. The SMILES string of the molecule is Cc1cc(C[C@@H](OC(=O)N2CCC(N3CCc4ccccc4NC3=O)CC2)C(=O)N2CCC(C3CCN(C)CC3)CC2)cc2c1OCCO2. The first kappa shape index (κ1) is 33.5. The number of anilines is 1. The number of aryl methyl sites for hydroxylation is 1. The monoisotopic (exact) mass is 673 g/mol. The third-order valence-electron chi connectivity index (χ3n) is 11.4. The first-order valence-corrected chi connectivity index (χ1v) is 18.3. The van der Waals surface area contributed by atoms with Crippen LogP contribution in [0.15, 0.2) is 36.4 Å². The summed E-state index contributed by atoms with van der Waals surface area (Å²) in [5, 5.41) is 3.06. The zero-order valence-corrected chi connectivity index (χ0v) is 29.0. The molecule has 0 aromatic heterocycles. The quantitative estimate of drug-likeness (QED) is 0.463. The van der Waals surface area contributed by atoms with E-state index < -0.39 is 12.2 Å². The normalized spacial score (nSPS) is 21.8. The second-order valence-electron chi connectivity index (χ2n) is 14.6. The minimum absolute atomic E-state index is 0.0299. The number of fused-ring (bicyclic) bond motifs is 2. The van der Waals surface area contributed by atoms with Gasteiger partial charge in [-0.05, 0) is 113 Å². The summed E-state index contributed by atoms with van der Waals surface area (Å²) in [6.07, 6.45) is 5.39. The highest BCUT2D eigenvalue weighted by molar-refractivity contribution is 5.91. The molecular weight excluding hydrogens is 622 g/mol. The molecule has 0 unspecified atom stereocenters. The second-order valence-corrected chi connectivity index (χ2v) is 14.6. The van der Waals surface area contributed by atoms with Crippen molar-refractivity contribution in [2.45, 2.75) is 70.4 Å². The van der Waals surface area contributed by atoms with Gasteiger partial charge in [-0.25, -0.2) is 9.59 Å². The van der Waals surface area contributed by atoms with Crippen LogP contribution < -0.4 is 14.8 Å². The number of carbonyl (C=O) groups is 3. The van der Waals surface area contributed by atoms with Gasteiger partial charge in [0.2, 0.25) is 0 Å². The molecule has 264 valence electrons. The number of benzene rings is 2. The standard InChI is InChI=1S/C38H51N5O6/c1-26-23-27(24-33-35(26)48-22-21-47-33)25-34(36(44)41-16-9-29(10-17-41)28-7-14-40(2)15-8-28)49-38(46)42-18-12-31(13-19-42)43-20-11-30-5-3-4-6-32(30)39-37(43)45/h3-6,23-24,28-29,31,34H,7-22,25H2,1-2H3,(H,39,45)/t34-/m1/s1. The number of nitrogens with zero attached hydrogens (tertiary/aromatic N) is 4. The van der Waals surface area contributed by atoms with E-state index in [-0.39, 0.29) is 24.4 Å². The van der Waals surface area contributed by atoms with Crippen LogP contribution in [0.4, 0.5) is 15.3 Å². The van der Waals surface area contributed by atoms with E-state index in [1.165, 1.54) is 12.8 Å². The summed E-state index contributed by atoms with van der Waals surface area (Å²) < 4.78 is 17.8. The average Bonchev–Trinajstić information content (AvgIpc) is 3.29. The minimum Gasteiger partial charge on any atom is -0.486 e. The largest absolute Gasteiger partial charge is 0.486 e. The molecule has 7 rings (SSSR count). The summed E-state index contributed by atoms with van der Waals surface area (Å²) in [4.78, 5) is 48.9. The Labute approximate surface area is 289 Å². The van der Waals surface area contributed by atoms with E-state index in [0.29, 0.717) is 70.4 Å². The Bertz CT molecular complexity index is 1510. The molecule has 3 fully saturated rings. The Morgan fingerprint density at radius 1 is 0.878 bits per heavy atom. The van der Waals surface area contributed by atoms with Gasteiger partial charge in [0.15, 0.2) is 17.6 Å². The lowest BCUT2D eigenvalue weighted by molar-refractivity contribution is -0.142. The number of likely N-dealkylation sites (tertiary alicyclic amines) is 3. The number of carbonyl (C=O) groups excluding carboxylic acids is 3. The fourth-order valence-electron chi connectivity index (χ4n) is 8.50. The highest BCUT2D eigenvalue weighted by Gasteiger charge is 2.37. The maximum atomic E-state index is 14.2. The molecule has 49 heavy (non-hydrogen) atoms. The number of nitrogens with one attached hydrogen (secondary N) is 1. The van der Waals surface area contributed by atoms with Crippen molar-refractivity contribution < 1.29 is 28.6 Å². The van der Waals surface area contributed by atoms with Crippen molar-refractivity contribution in [3.63, 3.8) is 0 Å². The second kappa shape index (κ2) is 14.9. The molecule has 0 bridgehead atoms. The topological polar surface area (TPSA) is 104 Å². The van der Waals surface area contributed by atoms with Crippen molar-refractivity contribution in [2.24, 2.45) is 11.8 Å². The molecule has 4 amide bonds. The zero-order valence-electron chi connectivity index (χ0n) is 29.0. The van der Waals surface area contributed by atoms with Gasteiger partial charge in [0.05, 0.1) is 0 Å². The third-order valence-corrected chi connectivity index (χ3v) is 11.4. The summed E-state index contributed by atoms with van der Waals surface area (Å²) in [5.74, 6) is 2.64. The molecule has 5 aliphatic rings. The Hall–Kier alpha value is -3.99. The van der Waals surface area contributed by atoms with Crippen LogP contribution in [0.3, 0.4) is 0 Å². The molecule has 1 N–H and O–H groups in total. The van der Waals surface area contributed by atoms with Crippen LogP contribution in [0.2, 0.25) is 0 Å². The van der Waals surface area contributed by atoms with Crippen molar-refractivity contribution in [3.05, 3.63) is 53.1 Å². The van der Waals surface area contributed by atoms with E-state index in [2.05, 4.69) is 23.3 Å². The number of ether oxygens (including phenoxy) is 3. The lowest BCUT2D eigenvalue weighted by atomic mass is 9.79. The van der Waals surface area contributed by atoms with E-state index in [4.69, 9.17) is 14.2 Å². The molecule has 2 aromatic rings. The van der Waals surface area contributed by atoms with E-state index in [1.54, 1.807) is 4.90 Å². The maximum absolute atomic E-state index is 14.2. The molecule has 0 radical (unpaired) electrons. The number of hydrogen-bond acceptors (Lipinski definition) is 7. The predicted octanol–water partition coefficient (Wildman–Crippen LogP) is 4.95. The van der Waals surface area contributed by atoms with Gasteiger partial charge in [-0.3, -0.25) is 4.79 Å². The number of rotatable bonds is 6. The van der Waals surface area contributed by atoms with Crippen LogP contribution >= 0.6 is 0 Å². The van der Waals surface area contributed by atoms with Gasteiger partial charge >= 0.3 is 12.1 Å². The van der Waals surface area contributed by atoms with Crippen molar-refractivity contribution in [1.82, 2.24) is 19.6 Å². The number of amides is 4. The zero-order chi connectivity index (χ0) is 33.9. The van der Waals surface area contributed by atoms with Gasteiger partial charge < -0.3 is 39.1 Å². The molecule has 3 saturated heterocycles. The molecule has 5 heterocycles. The van der Waals surface area contributed by atoms with E-state index in [9.17, 15) is 14.4 Å². The predicted molar refractivity (Wildman–Crippen MR) is 186 cm³/mol. The fourth-order valence-corrected chi connectivity index (χ4v) is 8.50. The molecule has 11 heteroatoms. The molecule has 2 aromatic carbocycles. The van der Waals surface area contributed by atoms with Crippen molar-refractivity contribution in [1.29, 1.82) is 0 Å². The van der Waals surface area contributed by atoms with Crippen molar-refractivity contribution >= 4 is 23.7 Å². The van der Waals surface area contributed by atoms with Gasteiger partial charge in [-0.15, -0.1) is 0 Å². The van der Waals surface area contributed by atoms with Crippen LogP contribution in [0, 0.1) is 18.8 Å². The summed E-state index contributed by atoms with van der Waals surface area (Å²) in [5.41, 5.74) is 3.81. The minimum atomic E-state index is -0.943. The van der Waals surface area contributed by atoms with Crippen molar-refractivity contribution in [3.8, 4) is 11.5 Å². The Balaban J connectivity index is 0.998. The number of para-hydroxylation sites is 1. The summed E-state index contributed by atoms with van der Waals surface area (Å²) >= 11 is 0. The van der Waals surface area contributed by atoms with E-state index >= 15 is 0 Å². The van der Waals surface area contributed by atoms with Crippen LogP contribution in [0.1, 0.15) is 55.2 Å². The molecule has 1 atom stereocenters. The fraction of sp³-hybridized carbons (Fsp3) is 0.605. The van der Waals surface area contributed by atoms with Crippen LogP contribution in [0.5, 0.6) is 11.5 Å². The van der Waals surface area contributed by atoms with Gasteiger partial charge in [0, 0.05) is 50.9 Å². The van der Waals surface area contributed by atoms with Crippen LogP contribution in [0.25, 0.3) is 0 Å². The van der Waals surface area contributed by atoms with E-state index in [1.807, 2.05) is 47.1 Å². The summed E-state index contributed by atoms with van der Waals surface area (Å²) in [6, 6.07) is 11.8. The molecule has 5 aliphatic heterocycles. The first-order chi connectivity index (χ1) is 23.8. The third kappa shape index (κ3) is 7.61. The lowest BCUT2D eigenvalue weighted by Crippen LogP contribution is -2.52. The first-order valence-electron chi connectivity index (χ1n) is 18.3. The van der Waals surface area contributed by atoms with Gasteiger partial charge in [-0.1, -0.05) is 24.3 Å². The molecule has 0 saturated carbocycles. The molecule has 11 nitrogen and oxygen atoms in total. The Kier molecular flexibility index (Phi) is 10.2. The van der Waals surface area contributed by atoms with E-state index in [0.717, 1.165) is 66.4 Å². The molecule has 0 spiro atoms. The molecule has 0 aliphatic carbocycles. The lowest BCUT2D eigenvalue weighted by Gasteiger charge is -2.40. The molecular formula is C38H51N5O6. The van der Waals surface area contributed by atoms with Crippen LogP contribution in [-0.4, -0.2) is 116 Å². The number of hydrogen-bond donors (Lipinski definition) is 1. The summed E-state index contributed by atoms with van der Waals surface area (Å²) in [7, 11) is 2.19. The van der Waals surface area contributed by atoms with Crippen molar-refractivity contribution in [2.75, 3.05) is 71.4 Å². The smallest absolute Gasteiger partial charge is 0.410 e. The highest BCUT2D eigenvalue weighted by Crippen LogP contribution is 2.36.